The molecule has 0 amide bonds. The van der Waals surface area contributed by atoms with E-state index in [0.29, 0.717) is 19.8 Å². The first kappa shape index (κ1) is 8.97. The Morgan fingerprint density at radius 2 is 2.45 bits per heavy atom. The van der Waals surface area contributed by atoms with E-state index in [-0.39, 0.29) is 5.92 Å². The summed E-state index contributed by atoms with van der Waals surface area (Å²) in [6.07, 6.45) is 1.67. The first-order valence-corrected chi connectivity index (χ1v) is 4.23. The second-order valence-electron chi connectivity index (χ2n) is 3.25. The Labute approximate surface area is 67.5 Å². The van der Waals surface area contributed by atoms with Gasteiger partial charge < -0.3 is 15.6 Å². The molecule has 0 saturated carbocycles. The van der Waals surface area contributed by atoms with Crippen LogP contribution >= 0.6 is 0 Å². The van der Waals surface area contributed by atoms with Gasteiger partial charge in [-0.05, 0) is 13.0 Å². The summed E-state index contributed by atoms with van der Waals surface area (Å²) in [6.45, 7) is 3.74. The van der Waals surface area contributed by atoms with Crippen molar-refractivity contribution in [2.24, 2.45) is 11.7 Å². The number of hydrogen-bond donors (Lipinski definition) is 2. The molecule has 2 unspecified atom stereocenters. The summed E-state index contributed by atoms with van der Waals surface area (Å²) >= 11 is 0. The molecule has 0 aromatic heterocycles. The van der Waals surface area contributed by atoms with Gasteiger partial charge in [0, 0.05) is 18.9 Å². The second-order valence-corrected chi connectivity index (χ2v) is 3.25. The van der Waals surface area contributed by atoms with Crippen LogP contribution in [0.25, 0.3) is 0 Å². The molecule has 1 fully saturated rings. The fraction of sp³-hybridized carbons (Fsp3) is 1.00. The van der Waals surface area contributed by atoms with Crippen LogP contribution in [-0.2, 0) is 4.74 Å². The topological polar surface area (TPSA) is 55.5 Å². The van der Waals surface area contributed by atoms with Crippen LogP contribution in [0, 0.1) is 5.92 Å². The quantitative estimate of drug-likeness (QED) is 0.615. The zero-order chi connectivity index (χ0) is 8.32. The minimum atomic E-state index is -0.635. The SMILES string of the molecule is CCC(CN)C1(O)CCOC1. The molecule has 1 saturated heterocycles. The third kappa shape index (κ3) is 1.72. The lowest BCUT2D eigenvalue weighted by molar-refractivity contribution is -0.0233. The van der Waals surface area contributed by atoms with Crippen molar-refractivity contribution < 1.29 is 9.84 Å². The van der Waals surface area contributed by atoms with E-state index in [9.17, 15) is 5.11 Å². The molecule has 0 bridgehead atoms. The number of hydrogen-bond acceptors (Lipinski definition) is 3. The van der Waals surface area contributed by atoms with Gasteiger partial charge in [0.1, 0.15) is 0 Å². The molecule has 0 aromatic rings. The Morgan fingerprint density at radius 1 is 1.73 bits per heavy atom. The Bertz CT molecular complexity index is 117. The molecule has 3 nitrogen and oxygen atoms in total. The van der Waals surface area contributed by atoms with E-state index in [4.69, 9.17) is 10.5 Å². The third-order valence-corrected chi connectivity index (χ3v) is 2.57. The molecule has 1 aliphatic heterocycles. The predicted molar refractivity (Wildman–Crippen MR) is 43.2 cm³/mol. The van der Waals surface area contributed by atoms with Crippen LogP contribution in [0.5, 0.6) is 0 Å². The smallest absolute Gasteiger partial charge is 0.0941 e. The van der Waals surface area contributed by atoms with Gasteiger partial charge in [0.2, 0.25) is 0 Å². The number of ether oxygens (including phenoxy) is 1. The van der Waals surface area contributed by atoms with Crippen molar-refractivity contribution in [3.8, 4) is 0 Å². The molecule has 2 atom stereocenters. The zero-order valence-corrected chi connectivity index (χ0v) is 7.05. The van der Waals surface area contributed by atoms with Crippen molar-refractivity contribution in [3.05, 3.63) is 0 Å². The molecule has 0 aliphatic carbocycles. The number of nitrogens with two attached hydrogens (primary N) is 1. The van der Waals surface area contributed by atoms with Crippen LogP contribution in [0.4, 0.5) is 0 Å². The van der Waals surface area contributed by atoms with Crippen LogP contribution in [-0.4, -0.2) is 30.5 Å². The van der Waals surface area contributed by atoms with E-state index in [1.54, 1.807) is 0 Å². The molecule has 3 N–H and O–H groups in total. The van der Waals surface area contributed by atoms with Crippen molar-refractivity contribution in [3.63, 3.8) is 0 Å². The standard InChI is InChI=1S/C8H17NO2/c1-2-7(5-9)8(10)3-4-11-6-8/h7,10H,2-6,9H2,1H3. The van der Waals surface area contributed by atoms with Gasteiger partial charge in [-0.1, -0.05) is 6.92 Å². The number of rotatable bonds is 3. The third-order valence-electron chi connectivity index (χ3n) is 2.57. The highest BCUT2D eigenvalue weighted by atomic mass is 16.5. The van der Waals surface area contributed by atoms with Crippen LogP contribution < -0.4 is 5.73 Å². The van der Waals surface area contributed by atoms with Crippen molar-refractivity contribution in [1.82, 2.24) is 0 Å². The van der Waals surface area contributed by atoms with Gasteiger partial charge in [0.25, 0.3) is 0 Å². The largest absolute Gasteiger partial charge is 0.387 e. The molecule has 3 heteroatoms. The van der Waals surface area contributed by atoms with Gasteiger partial charge in [-0.15, -0.1) is 0 Å². The highest BCUT2D eigenvalue weighted by Gasteiger charge is 2.38. The normalized spacial score (nSPS) is 34.1. The van der Waals surface area contributed by atoms with Crippen LogP contribution in [0.3, 0.4) is 0 Å². The van der Waals surface area contributed by atoms with Crippen molar-refractivity contribution in [1.29, 1.82) is 0 Å². The number of aliphatic hydroxyl groups is 1. The Balaban J connectivity index is 2.53. The van der Waals surface area contributed by atoms with Crippen LogP contribution in [0.15, 0.2) is 0 Å². The average Bonchev–Trinajstić information content (AvgIpc) is 2.39. The molecular weight excluding hydrogens is 142 g/mol. The molecule has 0 radical (unpaired) electrons. The van der Waals surface area contributed by atoms with Gasteiger partial charge in [0.15, 0.2) is 0 Å². The summed E-state index contributed by atoms with van der Waals surface area (Å²) in [7, 11) is 0. The lowest BCUT2D eigenvalue weighted by atomic mass is 9.85. The predicted octanol–water partition coefficient (Wildman–Crippen LogP) is 0.123. The molecule has 1 aliphatic rings. The maximum absolute atomic E-state index is 9.95. The highest BCUT2D eigenvalue weighted by molar-refractivity contribution is 4.89. The monoisotopic (exact) mass is 159 g/mol. The molecule has 1 heterocycles. The van der Waals surface area contributed by atoms with E-state index in [2.05, 4.69) is 0 Å². The first-order chi connectivity index (χ1) is 5.23. The van der Waals surface area contributed by atoms with Crippen molar-refractivity contribution in [2.45, 2.75) is 25.4 Å². The van der Waals surface area contributed by atoms with Crippen LogP contribution in [0.1, 0.15) is 19.8 Å². The van der Waals surface area contributed by atoms with E-state index in [1.807, 2.05) is 6.92 Å². The van der Waals surface area contributed by atoms with E-state index in [0.717, 1.165) is 12.8 Å². The van der Waals surface area contributed by atoms with Crippen molar-refractivity contribution >= 4 is 0 Å². The van der Waals surface area contributed by atoms with Crippen molar-refractivity contribution in [2.75, 3.05) is 19.8 Å². The van der Waals surface area contributed by atoms with Gasteiger partial charge in [-0.3, -0.25) is 0 Å². The maximum Gasteiger partial charge on any atom is 0.0941 e. The first-order valence-electron chi connectivity index (χ1n) is 4.23. The summed E-state index contributed by atoms with van der Waals surface area (Å²) < 4.78 is 5.14. The van der Waals surface area contributed by atoms with Crippen LogP contribution in [0.2, 0.25) is 0 Å². The maximum atomic E-state index is 9.95. The van der Waals surface area contributed by atoms with Gasteiger partial charge >= 0.3 is 0 Å². The Morgan fingerprint density at radius 3 is 2.82 bits per heavy atom. The van der Waals surface area contributed by atoms with E-state index < -0.39 is 5.60 Å². The average molecular weight is 159 g/mol. The van der Waals surface area contributed by atoms with E-state index >= 15 is 0 Å². The summed E-state index contributed by atoms with van der Waals surface area (Å²) in [5.74, 6) is 0.199. The summed E-state index contributed by atoms with van der Waals surface area (Å²) in [5, 5.41) is 9.95. The lowest BCUT2D eigenvalue weighted by Gasteiger charge is -2.29. The highest BCUT2D eigenvalue weighted by Crippen LogP contribution is 2.28. The Hall–Kier alpha value is -0.120. The van der Waals surface area contributed by atoms with Gasteiger partial charge in [0.05, 0.1) is 12.2 Å². The molecule has 0 spiro atoms. The molecule has 0 aromatic carbocycles. The second kappa shape index (κ2) is 3.52. The fourth-order valence-electron chi connectivity index (χ4n) is 1.66. The molecular formula is C8H17NO2. The molecule has 11 heavy (non-hydrogen) atoms. The summed E-state index contributed by atoms with van der Waals surface area (Å²) in [5.41, 5.74) is 4.90. The molecule has 66 valence electrons. The minimum absolute atomic E-state index is 0.199. The van der Waals surface area contributed by atoms with E-state index in [1.165, 1.54) is 0 Å². The fourth-order valence-corrected chi connectivity index (χ4v) is 1.66. The summed E-state index contributed by atoms with van der Waals surface area (Å²) in [6, 6.07) is 0. The van der Waals surface area contributed by atoms with Gasteiger partial charge in [-0.25, -0.2) is 0 Å². The van der Waals surface area contributed by atoms with Gasteiger partial charge in [-0.2, -0.15) is 0 Å². The Kier molecular flexibility index (Phi) is 2.87. The summed E-state index contributed by atoms with van der Waals surface area (Å²) in [4.78, 5) is 0. The zero-order valence-electron chi connectivity index (χ0n) is 7.05. The lowest BCUT2D eigenvalue weighted by Crippen LogP contribution is -2.42. The molecule has 1 rings (SSSR count). The minimum Gasteiger partial charge on any atom is -0.387 e.